The molecule has 0 saturated carbocycles. The van der Waals surface area contributed by atoms with Gasteiger partial charge in [0.05, 0.1) is 10.3 Å². The number of hydrogen-bond donors (Lipinski definition) is 2. The largest absolute Gasteiger partial charge is 0.351 e. The van der Waals surface area contributed by atoms with Crippen molar-refractivity contribution < 1.29 is 4.79 Å². The van der Waals surface area contributed by atoms with E-state index in [1.165, 1.54) is 0 Å². The van der Waals surface area contributed by atoms with Crippen LogP contribution in [0.1, 0.15) is 25.1 Å². The van der Waals surface area contributed by atoms with Crippen LogP contribution in [0.3, 0.4) is 0 Å². The van der Waals surface area contributed by atoms with Gasteiger partial charge in [0.2, 0.25) is 5.91 Å². The van der Waals surface area contributed by atoms with Crippen molar-refractivity contribution in [2.24, 2.45) is 11.1 Å². The molecule has 0 radical (unpaired) electrons. The SMILES string of the molecule is CC(C)(CCN)C(=O)NCc1ccc(Br)s1. The summed E-state index contributed by atoms with van der Waals surface area (Å²) in [6.07, 6.45) is 0.701. The topological polar surface area (TPSA) is 55.1 Å². The van der Waals surface area contributed by atoms with Gasteiger partial charge >= 0.3 is 0 Å². The fraction of sp³-hybridized carbons (Fsp3) is 0.545. The van der Waals surface area contributed by atoms with E-state index in [4.69, 9.17) is 5.73 Å². The second-order valence-electron chi connectivity index (χ2n) is 4.31. The van der Waals surface area contributed by atoms with Gasteiger partial charge in [-0.3, -0.25) is 4.79 Å². The Morgan fingerprint density at radius 1 is 1.56 bits per heavy atom. The van der Waals surface area contributed by atoms with Gasteiger partial charge in [-0.15, -0.1) is 11.3 Å². The first-order valence-corrected chi connectivity index (χ1v) is 6.79. The summed E-state index contributed by atoms with van der Waals surface area (Å²) in [5, 5.41) is 2.93. The molecule has 3 nitrogen and oxygen atoms in total. The number of carbonyl (C=O) groups is 1. The van der Waals surface area contributed by atoms with Crippen LogP contribution < -0.4 is 11.1 Å². The molecule has 0 aliphatic carbocycles. The summed E-state index contributed by atoms with van der Waals surface area (Å²) in [6, 6.07) is 3.99. The Morgan fingerprint density at radius 2 is 2.25 bits per heavy atom. The highest BCUT2D eigenvalue weighted by molar-refractivity contribution is 9.11. The molecule has 5 heteroatoms. The predicted molar refractivity (Wildman–Crippen MR) is 71.3 cm³/mol. The molecule has 0 bridgehead atoms. The minimum atomic E-state index is -0.386. The van der Waals surface area contributed by atoms with Gasteiger partial charge in [0.1, 0.15) is 0 Å². The van der Waals surface area contributed by atoms with Crippen LogP contribution >= 0.6 is 27.3 Å². The standard InChI is InChI=1S/C11H17BrN2OS/c1-11(2,5-6-13)10(15)14-7-8-3-4-9(12)16-8/h3-4H,5-7,13H2,1-2H3,(H,14,15). The Hall–Kier alpha value is -0.390. The number of hydrogen-bond acceptors (Lipinski definition) is 3. The summed E-state index contributed by atoms with van der Waals surface area (Å²) >= 11 is 5.02. The van der Waals surface area contributed by atoms with E-state index in [1.807, 2.05) is 26.0 Å². The monoisotopic (exact) mass is 304 g/mol. The van der Waals surface area contributed by atoms with Gasteiger partial charge in [0, 0.05) is 10.3 Å². The Labute approximate surface area is 109 Å². The molecule has 90 valence electrons. The lowest BCUT2D eigenvalue weighted by atomic mass is 9.88. The molecule has 1 heterocycles. The first-order chi connectivity index (χ1) is 7.45. The van der Waals surface area contributed by atoms with E-state index in [0.717, 1.165) is 8.66 Å². The molecule has 16 heavy (non-hydrogen) atoms. The number of nitrogens with one attached hydrogen (secondary N) is 1. The molecule has 0 saturated heterocycles. The third-order valence-corrected chi connectivity index (χ3v) is 4.06. The minimum Gasteiger partial charge on any atom is -0.351 e. The van der Waals surface area contributed by atoms with Crippen LogP contribution in [-0.4, -0.2) is 12.5 Å². The zero-order chi connectivity index (χ0) is 12.2. The van der Waals surface area contributed by atoms with Gasteiger partial charge in [-0.2, -0.15) is 0 Å². The third kappa shape index (κ3) is 3.88. The van der Waals surface area contributed by atoms with Crippen molar-refractivity contribution in [3.8, 4) is 0 Å². The highest BCUT2D eigenvalue weighted by Crippen LogP contribution is 2.23. The Morgan fingerprint density at radius 3 is 2.75 bits per heavy atom. The average molecular weight is 305 g/mol. The van der Waals surface area contributed by atoms with Gasteiger partial charge in [-0.1, -0.05) is 13.8 Å². The lowest BCUT2D eigenvalue weighted by molar-refractivity contribution is -0.129. The van der Waals surface area contributed by atoms with Crippen LogP contribution in [0.15, 0.2) is 15.9 Å². The fourth-order valence-corrected chi connectivity index (χ4v) is 2.75. The molecule has 0 aliphatic rings. The fourth-order valence-electron chi connectivity index (χ4n) is 1.33. The molecule has 0 fully saturated rings. The maximum absolute atomic E-state index is 11.9. The Bertz CT molecular complexity index is 363. The molecule has 1 amide bonds. The molecule has 1 rings (SSSR count). The number of thiophene rings is 1. The maximum atomic E-state index is 11.9. The first kappa shape index (κ1) is 13.7. The van der Waals surface area contributed by atoms with Crippen molar-refractivity contribution in [2.45, 2.75) is 26.8 Å². The number of carbonyl (C=O) groups excluding carboxylic acids is 1. The zero-order valence-corrected chi connectivity index (χ0v) is 12.0. The van der Waals surface area contributed by atoms with E-state index < -0.39 is 0 Å². The minimum absolute atomic E-state index is 0.0578. The molecule has 0 spiro atoms. The van der Waals surface area contributed by atoms with E-state index in [9.17, 15) is 4.79 Å². The summed E-state index contributed by atoms with van der Waals surface area (Å²) in [5.74, 6) is 0.0578. The maximum Gasteiger partial charge on any atom is 0.225 e. The molecule has 0 unspecified atom stereocenters. The van der Waals surface area contributed by atoms with E-state index in [-0.39, 0.29) is 11.3 Å². The number of rotatable bonds is 5. The van der Waals surface area contributed by atoms with Gasteiger partial charge in [0.15, 0.2) is 0 Å². The van der Waals surface area contributed by atoms with Gasteiger partial charge in [-0.25, -0.2) is 0 Å². The van der Waals surface area contributed by atoms with Crippen molar-refractivity contribution in [3.05, 3.63) is 20.8 Å². The van der Waals surface area contributed by atoms with Crippen LogP contribution in [0.4, 0.5) is 0 Å². The van der Waals surface area contributed by atoms with E-state index in [2.05, 4.69) is 21.2 Å². The first-order valence-electron chi connectivity index (χ1n) is 5.18. The smallest absolute Gasteiger partial charge is 0.225 e. The Balaban J connectivity index is 2.46. The Kier molecular flexibility index (Phi) is 4.95. The zero-order valence-electron chi connectivity index (χ0n) is 9.55. The van der Waals surface area contributed by atoms with Crippen molar-refractivity contribution >= 4 is 33.2 Å². The average Bonchev–Trinajstić information content (AvgIpc) is 2.60. The van der Waals surface area contributed by atoms with Crippen LogP contribution in [0, 0.1) is 5.41 Å². The summed E-state index contributed by atoms with van der Waals surface area (Å²) in [4.78, 5) is 13.0. The quantitative estimate of drug-likeness (QED) is 0.878. The van der Waals surface area contributed by atoms with Crippen molar-refractivity contribution in [1.29, 1.82) is 0 Å². The molecular formula is C11H17BrN2OS. The van der Waals surface area contributed by atoms with Crippen molar-refractivity contribution in [1.82, 2.24) is 5.32 Å². The summed E-state index contributed by atoms with van der Waals surface area (Å²) in [7, 11) is 0. The normalized spacial score (nSPS) is 11.5. The van der Waals surface area contributed by atoms with E-state index >= 15 is 0 Å². The lowest BCUT2D eigenvalue weighted by Gasteiger charge is -2.22. The van der Waals surface area contributed by atoms with E-state index in [1.54, 1.807) is 11.3 Å². The molecule has 0 aliphatic heterocycles. The predicted octanol–water partition coefficient (Wildman–Crippen LogP) is 2.50. The number of halogens is 1. The van der Waals surface area contributed by atoms with Crippen LogP contribution in [0.25, 0.3) is 0 Å². The molecule has 3 N–H and O–H groups in total. The summed E-state index contributed by atoms with van der Waals surface area (Å²) in [5.41, 5.74) is 5.09. The summed E-state index contributed by atoms with van der Waals surface area (Å²) in [6.45, 7) is 4.95. The molecular weight excluding hydrogens is 288 g/mol. The molecule has 0 atom stereocenters. The molecule has 0 aromatic carbocycles. The lowest BCUT2D eigenvalue weighted by Crippen LogP contribution is -2.37. The van der Waals surface area contributed by atoms with E-state index in [0.29, 0.717) is 19.5 Å². The van der Waals surface area contributed by atoms with Gasteiger partial charge in [-0.05, 0) is 41.0 Å². The van der Waals surface area contributed by atoms with Gasteiger partial charge in [0.25, 0.3) is 0 Å². The molecule has 1 aromatic rings. The second kappa shape index (κ2) is 5.80. The summed E-state index contributed by atoms with van der Waals surface area (Å²) < 4.78 is 1.08. The highest BCUT2D eigenvalue weighted by atomic mass is 79.9. The van der Waals surface area contributed by atoms with Crippen LogP contribution in [0.2, 0.25) is 0 Å². The van der Waals surface area contributed by atoms with Crippen LogP contribution in [-0.2, 0) is 11.3 Å². The third-order valence-electron chi connectivity index (χ3n) is 2.44. The van der Waals surface area contributed by atoms with Crippen molar-refractivity contribution in [2.75, 3.05) is 6.54 Å². The second-order valence-corrected chi connectivity index (χ2v) is 6.86. The van der Waals surface area contributed by atoms with Crippen molar-refractivity contribution in [3.63, 3.8) is 0 Å². The van der Waals surface area contributed by atoms with Gasteiger partial charge < -0.3 is 11.1 Å². The molecule has 1 aromatic heterocycles. The number of nitrogens with two attached hydrogens (primary N) is 1. The highest BCUT2D eigenvalue weighted by Gasteiger charge is 2.26. The number of amides is 1. The van der Waals surface area contributed by atoms with Crippen LogP contribution in [0.5, 0.6) is 0 Å².